The number of hydrogen-bond acceptors (Lipinski definition) is 4. The number of aromatic nitrogens is 1. The molecule has 25 heavy (non-hydrogen) atoms. The van der Waals surface area contributed by atoms with Crippen LogP contribution in [0.25, 0.3) is 22.6 Å². The fourth-order valence-electron chi connectivity index (χ4n) is 2.63. The van der Waals surface area contributed by atoms with Gasteiger partial charge < -0.3 is 14.8 Å². The number of alkyl halides is 1. The molecule has 1 heterocycles. The number of benzene rings is 2. The Morgan fingerprint density at radius 1 is 1.20 bits per heavy atom. The summed E-state index contributed by atoms with van der Waals surface area (Å²) in [4.78, 5) is 4.63. The quantitative estimate of drug-likeness (QED) is 0.582. The summed E-state index contributed by atoms with van der Waals surface area (Å²) in [5.41, 5.74) is 4.81. The minimum Gasteiger partial charge on any atom is -0.436 e. The van der Waals surface area contributed by atoms with Crippen molar-refractivity contribution < 1.29 is 9.52 Å². The average Bonchev–Trinajstić information content (AvgIpc) is 3.09. The second kappa shape index (κ2) is 7.89. The number of hydrogen-bond donors (Lipinski definition) is 2. The first-order valence-corrected chi connectivity index (χ1v) is 9.13. The van der Waals surface area contributed by atoms with Gasteiger partial charge in [-0.2, -0.15) is 0 Å². The highest BCUT2D eigenvalue weighted by molar-refractivity contribution is 6.18. The minimum absolute atomic E-state index is 0.215. The zero-order chi connectivity index (χ0) is 17.8. The lowest BCUT2D eigenvalue weighted by atomic mass is 9.98. The standard InChI is InChI=1S/C20H23ClN2O2/c1-3-13(2)15-6-9-19-18(10-15)23-20(25-19)14-4-7-16(8-5-14)22-12-17(24)11-21/h4-10,13,17,22,24H,3,11-12H2,1-2H3. The van der Waals surface area contributed by atoms with E-state index in [1.807, 2.05) is 30.3 Å². The molecule has 3 rings (SSSR count). The van der Waals surface area contributed by atoms with Gasteiger partial charge in [-0.15, -0.1) is 11.6 Å². The number of oxazole rings is 1. The zero-order valence-corrected chi connectivity index (χ0v) is 15.3. The highest BCUT2D eigenvalue weighted by Gasteiger charge is 2.11. The van der Waals surface area contributed by atoms with Crippen molar-refractivity contribution in [1.82, 2.24) is 4.98 Å². The number of halogens is 1. The highest BCUT2D eigenvalue weighted by atomic mass is 35.5. The molecule has 132 valence electrons. The average molecular weight is 359 g/mol. The van der Waals surface area contributed by atoms with Gasteiger partial charge in [0.05, 0.1) is 12.0 Å². The third-order valence-electron chi connectivity index (χ3n) is 4.44. The Morgan fingerprint density at radius 2 is 1.96 bits per heavy atom. The normalized spacial score (nSPS) is 13.8. The van der Waals surface area contributed by atoms with E-state index < -0.39 is 6.10 Å². The number of nitrogens with one attached hydrogen (secondary N) is 1. The van der Waals surface area contributed by atoms with Crippen molar-refractivity contribution in [1.29, 1.82) is 0 Å². The fourth-order valence-corrected chi connectivity index (χ4v) is 2.74. The zero-order valence-electron chi connectivity index (χ0n) is 14.5. The molecule has 0 bridgehead atoms. The number of fused-ring (bicyclic) bond motifs is 1. The summed E-state index contributed by atoms with van der Waals surface area (Å²) in [6.45, 7) is 4.82. The molecule has 0 fully saturated rings. The van der Waals surface area contributed by atoms with Gasteiger partial charge in [0.15, 0.2) is 5.58 Å². The molecule has 2 unspecified atom stereocenters. The predicted octanol–water partition coefficient (Wildman–Crippen LogP) is 5.02. The first kappa shape index (κ1) is 17.8. The van der Waals surface area contributed by atoms with Crippen molar-refractivity contribution in [3.8, 4) is 11.5 Å². The number of rotatable bonds is 7. The van der Waals surface area contributed by atoms with Gasteiger partial charge in [0.1, 0.15) is 5.52 Å². The SMILES string of the molecule is CCC(C)c1ccc2oc(-c3ccc(NCC(O)CCl)cc3)nc2c1. The third kappa shape index (κ3) is 4.14. The van der Waals surface area contributed by atoms with E-state index in [1.54, 1.807) is 0 Å². The number of anilines is 1. The van der Waals surface area contributed by atoms with Crippen LogP contribution >= 0.6 is 11.6 Å². The Hall–Kier alpha value is -2.04. The summed E-state index contributed by atoms with van der Waals surface area (Å²) in [5.74, 6) is 1.34. The number of aliphatic hydroxyl groups excluding tert-OH is 1. The van der Waals surface area contributed by atoms with Crippen LogP contribution in [0.3, 0.4) is 0 Å². The lowest BCUT2D eigenvalue weighted by Crippen LogP contribution is -2.20. The van der Waals surface area contributed by atoms with Crippen LogP contribution in [0.5, 0.6) is 0 Å². The van der Waals surface area contributed by atoms with Crippen LogP contribution in [0.1, 0.15) is 31.7 Å². The van der Waals surface area contributed by atoms with Crippen LogP contribution in [-0.4, -0.2) is 28.6 Å². The molecule has 2 atom stereocenters. The molecule has 1 aromatic heterocycles. The molecule has 4 nitrogen and oxygen atoms in total. The Bertz CT molecular complexity index is 829. The summed E-state index contributed by atoms with van der Waals surface area (Å²) in [5, 5.41) is 12.6. The lowest BCUT2D eigenvalue weighted by molar-refractivity contribution is 0.211. The third-order valence-corrected chi connectivity index (χ3v) is 4.80. The van der Waals surface area contributed by atoms with Gasteiger partial charge in [-0.1, -0.05) is 19.9 Å². The van der Waals surface area contributed by atoms with Gasteiger partial charge in [-0.25, -0.2) is 4.98 Å². The molecule has 0 aliphatic heterocycles. The molecule has 0 amide bonds. The van der Waals surface area contributed by atoms with Gasteiger partial charge in [-0.3, -0.25) is 0 Å². The van der Waals surface area contributed by atoms with E-state index in [2.05, 4.69) is 36.3 Å². The molecule has 0 saturated carbocycles. The summed E-state index contributed by atoms with van der Waals surface area (Å²) in [7, 11) is 0. The molecule has 0 spiro atoms. The molecule has 0 saturated heterocycles. The van der Waals surface area contributed by atoms with Crippen molar-refractivity contribution in [3.05, 3.63) is 48.0 Å². The molecule has 0 aliphatic rings. The summed E-state index contributed by atoms with van der Waals surface area (Å²) in [6.07, 6.45) is 0.543. The van der Waals surface area contributed by atoms with Crippen molar-refractivity contribution in [3.63, 3.8) is 0 Å². The van der Waals surface area contributed by atoms with E-state index in [1.165, 1.54) is 5.56 Å². The second-order valence-electron chi connectivity index (χ2n) is 6.32. The van der Waals surface area contributed by atoms with Crippen molar-refractivity contribution in [2.75, 3.05) is 17.7 Å². The van der Waals surface area contributed by atoms with Crippen LogP contribution < -0.4 is 5.32 Å². The summed E-state index contributed by atoms with van der Waals surface area (Å²) in [6, 6.07) is 14.0. The first-order chi connectivity index (χ1) is 12.1. The molecule has 2 N–H and O–H groups in total. The molecule has 2 aromatic carbocycles. The lowest BCUT2D eigenvalue weighted by Gasteiger charge is -2.09. The van der Waals surface area contributed by atoms with Gasteiger partial charge in [0.25, 0.3) is 0 Å². The van der Waals surface area contributed by atoms with Crippen molar-refractivity contribution in [2.24, 2.45) is 0 Å². The van der Waals surface area contributed by atoms with E-state index in [4.69, 9.17) is 16.0 Å². The monoisotopic (exact) mass is 358 g/mol. The van der Waals surface area contributed by atoms with Gasteiger partial charge >= 0.3 is 0 Å². The Kier molecular flexibility index (Phi) is 5.61. The predicted molar refractivity (Wildman–Crippen MR) is 103 cm³/mol. The van der Waals surface area contributed by atoms with Crippen LogP contribution in [0.2, 0.25) is 0 Å². The molecule has 0 aliphatic carbocycles. The van der Waals surface area contributed by atoms with E-state index in [0.717, 1.165) is 28.8 Å². The van der Waals surface area contributed by atoms with Gasteiger partial charge in [0, 0.05) is 17.8 Å². The molecule has 3 aromatic rings. The maximum atomic E-state index is 9.49. The maximum Gasteiger partial charge on any atom is 0.227 e. The number of aliphatic hydroxyl groups is 1. The minimum atomic E-state index is -0.557. The van der Waals surface area contributed by atoms with Crippen LogP contribution in [-0.2, 0) is 0 Å². The van der Waals surface area contributed by atoms with Crippen LogP contribution in [0.15, 0.2) is 46.9 Å². The van der Waals surface area contributed by atoms with Crippen molar-refractivity contribution in [2.45, 2.75) is 32.3 Å². The van der Waals surface area contributed by atoms with Gasteiger partial charge in [0.2, 0.25) is 5.89 Å². The first-order valence-electron chi connectivity index (χ1n) is 8.59. The Morgan fingerprint density at radius 3 is 2.64 bits per heavy atom. The topological polar surface area (TPSA) is 58.3 Å². The maximum absolute atomic E-state index is 9.49. The van der Waals surface area contributed by atoms with Crippen molar-refractivity contribution >= 4 is 28.4 Å². The Balaban J connectivity index is 1.79. The van der Waals surface area contributed by atoms with E-state index >= 15 is 0 Å². The van der Waals surface area contributed by atoms with Gasteiger partial charge in [-0.05, 0) is 54.3 Å². The number of nitrogens with zero attached hydrogens (tertiary/aromatic N) is 1. The fraction of sp³-hybridized carbons (Fsp3) is 0.350. The largest absolute Gasteiger partial charge is 0.436 e. The second-order valence-corrected chi connectivity index (χ2v) is 6.63. The van der Waals surface area contributed by atoms with E-state index in [0.29, 0.717) is 18.4 Å². The molecule has 5 heteroatoms. The van der Waals surface area contributed by atoms with Crippen LogP contribution in [0, 0.1) is 0 Å². The Labute approximate surface area is 152 Å². The van der Waals surface area contributed by atoms with E-state index in [9.17, 15) is 5.11 Å². The highest BCUT2D eigenvalue weighted by Crippen LogP contribution is 2.28. The molecule has 0 radical (unpaired) electrons. The molecular formula is C20H23ClN2O2. The summed E-state index contributed by atoms with van der Waals surface area (Å²) >= 11 is 5.59. The molecular weight excluding hydrogens is 336 g/mol. The summed E-state index contributed by atoms with van der Waals surface area (Å²) < 4.78 is 5.89. The van der Waals surface area contributed by atoms with E-state index in [-0.39, 0.29) is 5.88 Å². The van der Waals surface area contributed by atoms with Crippen LogP contribution in [0.4, 0.5) is 5.69 Å². The smallest absolute Gasteiger partial charge is 0.227 e.